The highest BCUT2D eigenvalue weighted by Gasteiger charge is 2.33. The number of hydrogen-bond acceptors (Lipinski definition) is 2. The van der Waals surface area contributed by atoms with Crippen LogP contribution in [0.3, 0.4) is 0 Å². The maximum absolute atomic E-state index is 4.79. The highest BCUT2D eigenvalue weighted by molar-refractivity contribution is 9.10. The van der Waals surface area contributed by atoms with Crippen molar-refractivity contribution < 1.29 is 0 Å². The van der Waals surface area contributed by atoms with E-state index >= 15 is 0 Å². The number of aliphatic imine (C=N–C) groups is 1. The van der Waals surface area contributed by atoms with E-state index in [0.29, 0.717) is 6.04 Å². The molecule has 0 saturated heterocycles. The third-order valence-electron chi connectivity index (χ3n) is 3.41. The molecule has 3 heteroatoms. The van der Waals surface area contributed by atoms with Gasteiger partial charge in [-0.25, -0.2) is 4.98 Å². The summed E-state index contributed by atoms with van der Waals surface area (Å²) in [5.74, 6) is 0.806. The molecule has 3 rings (SSSR count). The van der Waals surface area contributed by atoms with Crippen LogP contribution in [0.2, 0.25) is 0 Å². The maximum Gasteiger partial charge on any atom is 0.106 e. The van der Waals surface area contributed by atoms with Gasteiger partial charge in [-0.1, -0.05) is 12.5 Å². The zero-order chi connectivity index (χ0) is 10.3. The van der Waals surface area contributed by atoms with Crippen molar-refractivity contribution in [2.45, 2.75) is 31.7 Å². The number of nitrogens with zero attached hydrogens (tertiary/aromatic N) is 2. The number of hydrogen-bond donors (Lipinski definition) is 0. The average molecular weight is 265 g/mol. The Balaban J connectivity index is 1.90. The summed E-state index contributed by atoms with van der Waals surface area (Å²) in [4.78, 5) is 9.26. The fraction of sp³-hybridized carbons (Fsp3) is 0.500. The molecule has 2 nitrogen and oxygen atoms in total. The quantitative estimate of drug-likeness (QED) is 0.716. The number of rotatable bonds is 1. The minimum Gasteiger partial charge on any atom is -0.284 e. The molecule has 0 spiro atoms. The van der Waals surface area contributed by atoms with E-state index in [9.17, 15) is 0 Å². The summed E-state index contributed by atoms with van der Waals surface area (Å²) in [7, 11) is 0. The summed E-state index contributed by atoms with van der Waals surface area (Å²) in [6.45, 7) is 0. The Morgan fingerprint density at radius 3 is 3.00 bits per heavy atom. The van der Waals surface area contributed by atoms with E-state index in [4.69, 9.17) is 4.99 Å². The van der Waals surface area contributed by atoms with Gasteiger partial charge in [-0.2, -0.15) is 0 Å². The normalized spacial score (nSPS) is 29.0. The molecule has 0 radical (unpaired) electrons. The van der Waals surface area contributed by atoms with E-state index in [-0.39, 0.29) is 0 Å². The first-order valence-electron chi connectivity index (χ1n) is 5.52. The molecule has 1 aromatic heterocycles. The minimum absolute atomic E-state index is 0.598. The molecule has 1 aromatic rings. The lowest BCUT2D eigenvalue weighted by Gasteiger charge is -2.04. The van der Waals surface area contributed by atoms with Gasteiger partial charge in [0.2, 0.25) is 0 Å². The molecule has 1 saturated carbocycles. The van der Waals surface area contributed by atoms with Gasteiger partial charge < -0.3 is 0 Å². The summed E-state index contributed by atoms with van der Waals surface area (Å²) in [5.41, 5.74) is 2.27. The van der Waals surface area contributed by atoms with Crippen LogP contribution in [-0.2, 0) is 0 Å². The smallest absolute Gasteiger partial charge is 0.106 e. The Morgan fingerprint density at radius 1 is 1.27 bits per heavy atom. The third-order valence-corrected chi connectivity index (χ3v) is 3.85. The number of aromatic nitrogens is 1. The largest absolute Gasteiger partial charge is 0.284 e. The molecule has 2 heterocycles. The molecule has 0 amide bonds. The summed E-state index contributed by atoms with van der Waals surface area (Å²) in [6, 6.07) is 6.65. The van der Waals surface area contributed by atoms with Crippen molar-refractivity contribution >= 4 is 21.6 Å². The summed E-state index contributed by atoms with van der Waals surface area (Å²) in [5, 5.41) is 0. The van der Waals surface area contributed by atoms with E-state index in [2.05, 4.69) is 27.0 Å². The third kappa shape index (κ3) is 1.73. The van der Waals surface area contributed by atoms with Crippen molar-refractivity contribution in [2.75, 3.05) is 0 Å². The van der Waals surface area contributed by atoms with Crippen LogP contribution in [0.15, 0.2) is 27.8 Å². The highest BCUT2D eigenvalue weighted by Crippen LogP contribution is 2.36. The maximum atomic E-state index is 4.79. The van der Waals surface area contributed by atoms with Gasteiger partial charge in [-0.3, -0.25) is 4.99 Å². The predicted octanol–water partition coefficient (Wildman–Crippen LogP) is 3.21. The number of fused-ring (bicyclic) bond motifs is 1. The fourth-order valence-corrected chi connectivity index (χ4v) is 3.01. The van der Waals surface area contributed by atoms with Crippen molar-refractivity contribution in [1.29, 1.82) is 0 Å². The molecule has 0 N–H and O–H groups in total. The van der Waals surface area contributed by atoms with E-state index in [1.165, 1.54) is 25.0 Å². The Bertz CT molecular complexity index is 414. The fourth-order valence-electron chi connectivity index (χ4n) is 2.67. The van der Waals surface area contributed by atoms with Crippen LogP contribution in [-0.4, -0.2) is 16.7 Å². The zero-order valence-corrected chi connectivity index (χ0v) is 10.1. The summed E-state index contributed by atoms with van der Waals surface area (Å²) in [6.07, 6.45) is 5.12. The van der Waals surface area contributed by atoms with Crippen molar-refractivity contribution in [3.8, 4) is 0 Å². The molecule has 1 aliphatic heterocycles. The van der Waals surface area contributed by atoms with Gasteiger partial charge in [0.25, 0.3) is 0 Å². The highest BCUT2D eigenvalue weighted by atomic mass is 79.9. The molecule has 78 valence electrons. The second-order valence-electron chi connectivity index (χ2n) is 4.38. The molecule has 0 bridgehead atoms. The van der Waals surface area contributed by atoms with Gasteiger partial charge in [0.1, 0.15) is 4.60 Å². The molecule has 1 aliphatic carbocycles. The van der Waals surface area contributed by atoms with Crippen LogP contribution < -0.4 is 0 Å². The van der Waals surface area contributed by atoms with Crippen molar-refractivity contribution in [3.05, 3.63) is 28.5 Å². The topological polar surface area (TPSA) is 25.2 Å². The molecular formula is C12H13BrN2. The molecule has 1 fully saturated rings. The van der Waals surface area contributed by atoms with Crippen molar-refractivity contribution in [1.82, 2.24) is 4.98 Å². The second kappa shape index (κ2) is 3.71. The monoisotopic (exact) mass is 264 g/mol. The Hall–Kier alpha value is -0.700. The van der Waals surface area contributed by atoms with Gasteiger partial charge >= 0.3 is 0 Å². The van der Waals surface area contributed by atoms with Gasteiger partial charge in [-0.15, -0.1) is 0 Å². The Morgan fingerprint density at radius 2 is 2.20 bits per heavy atom. The first-order chi connectivity index (χ1) is 7.33. The predicted molar refractivity (Wildman–Crippen MR) is 64.2 cm³/mol. The van der Waals surface area contributed by atoms with Gasteiger partial charge in [0, 0.05) is 0 Å². The number of pyridine rings is 1. The van der Waals surface area contributed by atoms with Gasteiger partial charge in [-0.05, 0) is 53.2 Å². The minimum atomic E-state index is 0.598. The lowest BCUT2D eigenvalue weighted by atomic mass is 10.0. The van der Waals surface area contributed by atoms with Crippen molar-refractivity contribution in [2.24, 2.45) is 10.9 Å². The summed E-state index contributed by atoms with van der Waals surface area (Å²) < 4.78 is 0.903. The first-order valence-corrected chi connectivity index (χ1v) is 6.32. The van der Waals surface area contributed by atoms with Crippen LogP contribution in [0, 0.1) is 5.92 Å². The zero-order valence-electron chi connectivity index (χ0n) is 8.49. The van der Waals surface area contributed by atoms with Crippen LogP contribution in [0.25, 0.3) is 0 Å². The van der Waals surface area contributed by atoms with E-state index < -0.39 is 0 Å². The first kappa shape index (κ1) is 9.52. The lowest BCUT2D eigenvalue weighted by Crippen LogP contribution is -2.05. The Kier molecular flexibility index (Phi) is 2.35. The Labute approximate surface area is 98.0 Å². The van der Waals surface area contributed by atoms with Crippen LogP contribution in [0.1, 0.15) is 31.4 Å². The average Bonchev–Trinajstić information content (AvgIpc) is 2.76. The summed E-state index contributed by atoms with van der Waals surface area (Å²) >= 11 is 3.40. The second-order valence-corrected chi connectivity index (χ2v) is 5.20. The molecular weight excluding hydrogens is 252 g/mol. The van der Waals surface area contributed by atoms with Crippen LogP contribution >= 0.6 is 15.9 Å². The lowest BCUT2D eigenvalue weighted by molar-refractivity contribution is 0.536. The van der Waals surface area contributed by atoms with Gasteiger partial charge in [0.05, 0.1) is 17.4 Å². The van der Waals surface area contributed by atoms with Gasteiger partial charge in [0.15, 0.2) is 0 Å². The molecule has 15 heavy (non-hydrogen) atoms. The van der Waals surface area contributed by atoms with E-state index in [1.807, 2.05) is 12.1 Å². The molecule has 0 unspecified atom stereocenters. The molecule has 2 aliphatic rings. The standard InChI is InChI=1S/C12H13BrN2/c13-12-6-2-5-10(15-12)11-7-8-3-1-4-9(8)14-11/h2,5-6,8-9H,1,3-4,7H2/t8-,9-/m1/s1. The van der Waals surface area contributed by atoms with E-state index in [0.717, 1.165) is 22.6 Å². The van der Waals surface area contributed by atoms with Crippen molar-refractivity contribution in [3.63, 3.8) is 0 Å². The van der Waals surface area contributed by atoms with Crippen LogP contribution in [0.4, 0.5) is 0 Å². The molecule has 0 aromatic carbocycles. The van der Waals surface area contributed by atoms with E-state index in [1.54, 1.807) is 0 Å². The SMILES string of the molecule is Brc1cccc(C2=N[C@@H]3CCC[C@@H]3C2)n1. The van der Waals surface area contributed by atoms with Crippen LogP contribution in [0.5, 0.6) is 0 Å². The molecule has 2 atom stereocenters. The number of halogens is 1.